The van der Waals surface area contributed by atoms with Crippen molar-refractivity contribution in [1.82, 2.24) is 4.90 Å². The summed E-state index contributed by atoms with van der Waals surface area (Å²) in [5.41, 5.74) is 1.02. The second-order valence-corrected chi connectivity index (χ2v) is 3.40. The van der Waals surface area contributed by atoms with Gasteiger partial charge in [0.1, 0.15) is 0 Å². The van der Waals surface area contributed by atoms with Crippen molar-refractivity contribution in [3.05, 3.63) is 12.2 Å². The Balaban J connectivity index is 2.09. The lowest BCUT2D eigenvalue weighted by molar-refractivity contribution is 0.0675. The molecule has 0 aromatic rings. The van der Waals surface area contributed by atoms with Crippen LogP contribution in [0.2, 0.25) is 0 Å². The number of nitrogens with zero attached hydrogens (tertiary/aromatic N) is 3. The number of ether oxygens (including phenoxy) is 1. The van der Waals surface area contributed by atoms with Crippen molar-refractivity contribution in [2.75, 3.05) is 32.8 Å². The monoisotopic (exact) mass is 193 g/mol. The van der Waals surface area contributed by atoms with E-state index in [9.17, 15) is 0 Å². The van der Waals surface area contributed by atoms with Gasteiger partial charge in [0, 0.05) is 18.8 Å². The van der Waals surface area contributed by atoms with Crippen molar-refractivity contribution in [3.63, 3.8) is 0 Å². The van der Waals surface area contributed by atoms with Gasteiger partial charge in [0.05, 0.1) is 19.8 Å². The van der Waals surface area contributed by atoms with Crippen LogP contribution in [0.4, 0.5) is 0 Å². The Morgan fingerprint density at radius 3 is 2.93 bits per heavy atom. The molecule has 1 saturated heterocycles. The molecule has 1 fully saturated rings. The zero-order valence-corrected chi connectivity index (χ0v) is 8.44. The van der Waals surface area contributed by atoms with Crippen molar-refractivity contribution in [2.24, 2.45) is 9.98 Å². The molecule has 2 rings (SSSR count). The van der Waals surface area contributed by atoms with E-state index >= 15 is 0 Å². The topological polar surface area (TPSA) is 37.2 Å². The summed E-state index contributed by atoms with van der Waals surface area (Å²) in [4.78, 5) is 11.0. The molecule has 0 bridgehead atoms. The molecule has 0 saturated carbocycles. The summed E-state index contributed by atoms with van der Waals surface area (Å²) in [7, 11) is 0. The highest BCUT2D eigenvalue weighted by atomic mass is 16.5. The summed E-state index contributed by atoms with van der Waals surface area (Å²) in [6.45, 7) is 6.08. The summed E-state index contributed by atoms with van der Waals surface area (Å²) in [5.74, 6) is 0.857. The van der Waals surface area contributed by atoms with E-state index in [1.165, 1.54) is 0 Å². The quantitative estimate of drug-likeness (QED) is 0.568. The van der Waals surface area contributed by atoms with E-state index in [1.54, 1.807) is 0 Å². The minimum absolute atomic E-state index is 0.730. The number of hydrogen-bond donors (Lipinski definition) is 0. The Bertz CT molecular complexity index is 288. The summed E-state index contributed by atoms with van der Waals surface area (Å²) in [6, 6.07) is 0. The van der Waals surface area contributed by atoms with Gasteiger partial charge in [0.2, 0.25) is 5.96 Å². The predicted molar refractivity (Wildman–Crippen MR) is 56.9 cm³/mol. The second-order valence-electron chi connectivity index (χ2n) is 3.40. The fourth-order valence-electron chi connectivity index (χ4n) is 1.52. The number of allylic oxidation sites excluding steroid dienone is 1. The van der Waals surface area contributed by atoms with Gasteiger partial charge < -0.3 is 9.64 Å². The van der Waals surface area contributed by atoms with E-state index < -0.39 is 0 Å². The highest BCUT2D eigenvalue weighted by Crippen LogP contribution is 2.03. The van der Waals surface area contributed by atoms with Gasteiger partial charge in [-0.3, -0.25) is 0 Å². The minimum atomic E-state index is 0.730. The van der Waals surface area contributed by atoms with Crippen molar-refractivity contribution in [1.29, 1.82) is 0 Å². The molecule has 2 aliphatic rings. The summed E-state index contributed by atoms with van der Waals surface area (Å²) in [5, 5.41) is 0. The molecule has 0 aromatic heterocycles. The maximum absolute atomic E-state index is 5.29. The van der Waals surface area contributed by atoms with Crippen LogP contribution in [0.3, 0.4) is 0 Å². The van der Waals surface area contributed by atoms with Crippen LogP contribution in [0, 0.1) is 0 Å². The lowest BCUT2D eigenvalue weighted by atomic mass is 10.4. The number of aliphatic imine (C=N–C) groups is 2. The van der Waals surface area contributed by atoms with E-state index in [0.29, 0.717) is 0 Å². The van der Waals surface area contributed by atoms with E-state index in [4.69, 9.17) is 4.74 Å². The zero-order valence-electron chi connectivity index (χ0n) is 8.44. The first kappa shape index (κ1) is 9.40. The second kappa shape index (κ2) is 4.37. The van der Waals surface area contributed by atoms with Gasteiger partial charge in [-0.2, -0.15) is 0 Å². The maximum atomic E-state index is 5.29. The van der Waals surface area contributed by atoms with Crippen molar-refractivity contribution in [3.8, 4) is 0 Å². The number of morpholine rings is 1. The average Bonchev–Trinajstić information content (AvgIpc) is 2.44. The third-order valence-electron chi connectivity index (χ3n) is 2.27. The van der Waals surface area contributed by atoms with Gasteiger partial charge in [0.25, 0.3) is 0 Å². The SMILES string of the molecule is CC1=NC(N2CCOCC2)=NCC=C1. The van der Waals surface area contributed by atoms with Crippen LogP contribution in [0.25, 0.3) is 0 Å². The van der Waals surface area contributed by atoms with Gasteiger partial charge in [0.15, 0.2) is 0 Å². The number of hydrogen-bond acceptors (Lipinski definition) is 4. The van der Waals surface area contributed by atoms with Gasteiger partial charge in [-0.15, -0.1) is 0 Å². The van der Waals surface area contributed by atoms with Crippen molar-refractivity contribution in [2.45, 2.75) is 6.92 Å². The fraction of sp³-hybridized carbons (Fsp3) is 0.600. The van der Waals surface area contributed by atoms with Crippen LogP contribution in [0.1, 0.15) is 6.92 Å². The lowest BCUT2D eigenvalue weighted by Gasteiger charge is -2.27. The number of guanidine groups is 1. The maximum Gasteiger partial charge on any atom is 0.221 e. The van der Waals surface area contributed by atoms with Gasteiger partial charge in [-0.1, -0.05) is 6.08 Å². The lowest BCUT2D eigenvalue weighted by Crippen LogP contribution is -2.40. The van der Waals surface area contributed by atoms with Crippen molar-refractivity contribution >= 4 is 11.7 Å². The molecular weight excluding hydrogens is 178 g/mol. The molecule has 0 atom stereocenters. The van der Waals surface area contributed by atoms with E-state index in [-0.39, 0.29) is 0 Å². The smallest absolute Gasteiger partial charge is 0.221 e. The van der Waals surface area contributed by atoms with Crippen LogP contribution in [-0.4, -0.2) is 49.4 Å². The third-order valence-corrected chi connectivity index (χ3v) is 2.27. The highest BCUT2D eigenvalue weighted by Gasteiger charge is 2.14. The average molecular weight is 193 g/mol. The van der Waals surface area contributed by atoms with Crippen LogP contribution in [0.5, 0.6) is 0 Å². The molecule has 0 aromatic carbocycles. The van der Waals surface area contributed by atoms with E-state index in [1.807, 2.05) is 19.1 Å². The number of rotatable bonds is 0. The molecule has 0 unspecified atom stereocenters. The molecule has 2 heterocycles. The minimum Gasteiger partial charge on any atom is -0.378 e. The predicted octanol–water partition coefficient (Wildman–Crippen LogP) is 0.705. The molecule has 4 nitrogen and oxygen atoms in total. The Kier molecular flexibility index (Phi) is 2.93. The molecule has 0 radical (unpaired) electrons. The summed E-state index contributed by atoms with van der Waals surface area (Å²) in [6.07, 6.45) is 4.04. The Morgan fingerprint density at radius 1 is 1.36 bits per heavy atom. The van der Waals surface area contributed by atoms with Crippen LogP contribution in [0.15, 0.2) is 22.1 Å². The normalized spacial score (nSPS) is 22.8. The van der Waals surface area contributed by atoms with Gasteiger partial charge >= 0.3 is 0 Å². The first-order valence-corrected chi connectivity index (χ1v) is 4.95. The van der Waals surface area contributed by atoms with Crippen LogP contribution in [-0.2, 0) is 4.74 Å². The molecule has 0 amide bonds. The van der Waals surface area contributed by atoms with Crippen LogP contribution < -0.4 is 0 Å². The molecule has 4 heteroatoms. The molecule has 14 heavy (non-hydrogen) atoms. The van der Waals surface area contributed by atoms with E-state index in [0.717, 1.165) is 44.5 Å². The first-order valence-electron chi connectivity index (χ1n) is 4.95. The molecular formula is C10H15N3O. The summed E-state index contributed by atoms with van der Waals surface area (Å²) < 4.78 is 5.29. The summed E-state index contributed by atoms with van der Waals surface area (Å²) >= 11 is 0. The fourth-order valence-corrected chi connectivity index (χ4v) is 1.52. The highest BCUT2D eigenvalue weighted by molar-refractivity contribution is 6.02. The molecule has 0 aliphatic carbocycles. The van der Waals surface area contributed by atoms with Gasteiger partial charge in [-0.25, -0.2) is 9.98 Å². The largest absolute Gasteiger partial charge is 0.378 e. The standard InChI is InChI=1S/C10H15N3O/c1-9-3-2-4-11-10(12-9)13-5-7-14-8-6-13/h2-3H,4-8H2,1H3. The molecule has 76 valence electrons. The Labute approximate surface area is 84.0 Å². The van der Waals surface area contributed by atoms with E-state index in [2.05, 4.69) is 14.9 Å². The Hall–Kier alpha value is -1.16. The molecule has 0 N–H and O–H groups in total. The van der Waals surface area contributed by atoms with Gasteiger partial charge in [-0.05, 0) is 13.0 Å². The third kappa shape index (κ3) is 2.20. The zero-order chi connectivity index (χ0) is 9.80. The Morgan fingerprint density at radius 2 is 2.14 bits per heavy atom. The van der Waals surface area contributed by atoms with Crippen LogP contribution >= 0.6 is 0 Å². The molecule has 0 spiro atoms. The molecule has 2 aliphatic heterocycles. The first-order chi connectivity index (χ1) is 6.86. The van der Waals surface area contributed by atoms with Crippen molar-refractivity contribution < 1.29 is 4.74 Å².